The van der Waals surface area contributed by atoms with E-state index in [1.54, 1.807) is 22.9 Å². The lowest BCUT2D eigenvalue weighted by Crippen LogP contribution is -2.45. The third-order valence-corrected chi connectivity index (χ3v) is 5.82. The van der Waals surface area contributed by atoms with Crippen molar-refractivity contribution in [2.24, 2.45) is 0 Å². The summed E-state index contributed by atoms with van der Waals surface area (Å²) in [6, 6.07) is 15.7. The molecule has 1 aliphatic heterocycles. The number of methoxy groups -OCH3 is 1. The fourth-order valence-electron chi connectivity index (χ4n) is 3.21. The molecule has 30 heavy (non-hydrogen) atoms. The van der Waals surface area contributed by atoms with Crippen LogP contribution in [0.2, 0.25) is 0 Å². The monoisotopic (exact) mass is 424 g/mol. The molecule has 2 aromatic carbocycles. The first-order valence-electron chi connectivity index (χ1n) is 9.78. The molecule has 0 unspecified atom stereocenters. The Morgan fingerprint density at radius 3 is 2.60 bits per heavy atom. The highest BCUT2D eigenvalue weighted by atomic mass is 32.2. The molecule has 0 fully saturated rings. The molecule has 0 atom stereocenters. The van der Waals surface area contributed by atoms with Crippen molar-refractivity contribution in [2.45, 2.75) is 38.1 Å². The van der Waals surface area contributed by atoms with Crippen LogP contribution in [-0.4, -0.2) is 33.6 Å². The quantitative estimate of drug-likeness (QED) is 0.575. The van der Waals surface area contributed by atoms with E-state index < -0.39 is 0 Å². The van der Waals surface area contributed by atoms with E-state index in [1.807, 2.05) is 18.2 Å². The number of hydrogen-bond acceptors (Lipinski definition) is 6. The fraction of sp³-hybridized carbons (Fsp3) is 0.318. The lowest BCUT2D eigenvalue weighted by molar-refractivity contribution is -0.118. The van der Waals surface area contributed by atoms with Crippen molar-refractivity contribution >= 4 is 17.7 Å². The van der Waals surface area contributed by atoms with E-state index in [-0.39, 0.29) is 12.5 Å². The van der Waals surface area contributed by atoms with Crippen LogP contribution in [-0.2, 0) is 17.9 Å². The molecular weight excluding hydrogens is 400 g/mol. The number of fused-ring (bicyclic) bond motifs is 1. The van der Waals surface area contributed by atoms with E-state index in [4.69, 9.17) is 9.47 Å². The van der Waals surface area contributed by atoms with Crippen LogP contribution < -0.4 is 14.5 Å². The summed E-state index contributed by atoms with van der Waals surface area (Å²) in [6.07, 6.45) is 0. The molecule has 3 aromatic rings. The maximum atomic E-state index is 12.7. The third kappa shape index (κ3) is 4.28. The first kappa shape index (κ1) is 20.3. The van der Waals surface area contributed by atoms with E-state index in [9.17, 15) is 4.79 Å². The van der Waals surface area contributed by atoms with Gasteiger partial charge in [-0.3, -0.25) is 4.79 Å². The first-order chi connectivity index (χ1) is 14.5. The van der Waals surface area contributed by atoms with Gasteiger partial charge in [0.15, 0.2) is 5.82 Å². The minimum atomic E-state index is 0.0165. The van der Waals surface area contributed by atoms with Crippen LogP contribution in [0.1, 0.15) is 36.7 Å². The minimum absolute atomic E-state index is 0.0165. The highest BCUT2D eigenvalue weighted by Crippen LogP contribution is 2.26. The minimum Gasteiger partial charge on any atom is -0.497 e. The second-order valence-electron chi connectivity index (χ2n) is 7.31. The van der Waals surface area contributed by atoms with Gasteiger partial charge in [0.1, 0.15) is 18.1 Å². The van der Waals surface area contributed by atoms with Crippen LogP contribution in [0.15, 0.2) is 53.7 Å². The van der Waals surface area contributed by atoms with Crippen molar-refractivity contribution in [1.82, 2.24) is 14.9 Å². The Balaban J connectivity index is 1.54. The van der Waals surface area contributed by atoms with Gasteiger partial charge in [0.25, 0.3) is 5.91 Å². The average Bonchev–Trinajstić information content (AvgIpc) is 3.18. The molecule has 0 bridgehead atoms. The zero-order valence-electron chi connectivity index (χ0n) is 17.2. The maximum Gasteiger partial charge on any atom is 0.252 e. The third-order valence-electron chi connectivity index (χ3n) is 4.92. The number of nitrogens with zero attached hydrogens (tertiary/aromatic N) is 4. The summed E-state index contributed by atoms with van der Waals surface area (Å²) in [7, 11) is 1.61. The Hall–Kier alpha value is -3.00. The summed E-state index contributed by atoms with van der Waals surface area (Å²) in [5.41, 5.74) is 2.33. The molecule has 1 amide bonds. The number of rotatable bonds is 7. The molecule has 1 aromatic heterocycles. The zero-order chi connectivity index (χ0) is 21.1. The number of thioether (sulfide) groups is 1. The van der Waals surface area contributed by atoms with E-state index in [2.05, 4.69) is 48.3 Å². The Labute approximate surface area is 180 Å². The number of carbonyl (C=O) groups excluding carboxylic acids is 1. The van der Waals surface area contributed by atoms with Crippen molar-refractivity contribution in [2.75, 3.05) is 17.9 Å². The lowest BCUT2D eigenvalue weighted by atomic mass is 10.0. The molecular formula is C22H24N4O3S. The number of amides is 1. The summed E-state index contributed by atoms with van der Waals surface area (Å²) < 4.78 is 12.9. The highest BCUT2D eigenvalue weighted by molar-refractivity contribution is 7.99. The van der Waals surface area contributed by atoms with E-state index in [0.717, 1.165) is 5.56 Å². The predicted molar refractivity (Wildman–Crippen MR) is 116 cm³/mol. The van der Waals surface area contributed by atoms with Crippen molar-refractivity contribution in [3.05, 3.63) is 65.5 Å². The lowest BCUT2D eigenvalue weighted by Gasteiger charge is -2.29. The standard InChI is InChI=1S/C22H24N4O3S/c1-15(2)17-9-7-16(8-10-17)12-25-21(27)14-30-22-24-23-20(26(22)25)13-29-19-6-4-5-18(11-19)28-3/h4-11,15H,12-14H2,1-3H3. The van der Waals surface area contributed by atoms with Gasteiger partial charge in [0.2, 0.25) is 5.16 Å². The molecule has 0 saturated heterocycles. The summed E-state index contributed by atoms with van der Waals surface area (Å²) in [5, 5.41) is 10.9. The van der Waals surface area contributed by atoms with Gasteiger partial charge in [-0.1, -0.05) is 55.9 Å². The van der Waals surface area contributed by atoms with Crippen LogP contribution in [0.5, 0.6) is 11.5 Å². The molecule has 1 aliphatic rings. The molecule has 7 nitrogen and oxygen atoms in total. The fourth-order valence-corrected chi connectivity index (χ4v) is 4.04. The van der Waals surface area contributed by atoms with Gasteiger partial charge < -0.3 is 9.47 Å². The van der Waals surface area contributed by atoms with Crippen molar-refractivity contribution in [1.29, 1.82) is 0 Å². The van der Waals surface area contributed by atoms with E-state index in [0.29, 0.717) is 40.7 Å². The number of hydrogen-bond donors (Lipinski definition) is 0. The number of aromatic nitrogens is 3. The van der Waals surface area contributed by atoms with Crippen molar-refractivity contribution in [3.8, 4) is 11.5 Å². The molecule has 2 heterocycles. The summed E-state index contributed by atoms with van der Waals surface area (Å²) >= 11 is 1.39. The van der Waals surface area contributed by atoms with E-state index in [1.165, 1.54) is 17.3 Å². The normalized spacial score (nSPS) is 13.5. The van der Waals surface area contributed by atoms with Crippen molar-refractivity contribution < 1.29 is 14.3 Å². The SMILES string of the molecule is COc1cccc(OCc2nnc3n2N(Cc2ccc(C(C)C)cc2)C(=O)CS3)c1. The van der Waals surface area contributed by atoms with Gasteiger partial charge in [-0.05, 0) is 29.2 Å². The molecule has 0 saturated carbocycles. The molecule has 0 radical (unpaired) electrons. The number of benzene rings is 2. The van der Waals surface area contributed by atoms with Crippen LogP contribution >= 0.6 is 11.8 Å². The second kappa shape index (κ2) is 8.79. The zero-order valence-corrected chi connectivity index (χ0v) is 18.1. The smallest absolute Gasteiger partial charge is 0.252 e. The van der Waals surface area contributed by atoms with Crippen molar-refractivity contribution in [3.63, 3.8) is 0 Å². The summed E-state index contributed by atoms with van der Waals surface area (Å²) in [5.74, 6) is 2.79. The molecule has 8 heteroatoms. The van der Waals surface area contributed by atoms with Crippen LogP contribution in [0.25, 0.3) is 0 Å². The van der Waals surface area contributed by atoms with Gasteiger partial charge in [-0.15, -0.1) is 10.2 Å². The van der Waals surface area contributed by atoms with Gasteiger partial charge in [-0.2, -0.15) is 0 Å². The summed E-state index contributed by atoms with van der Waals surface area (Å²) in [6.45, 7) is 4.97. The van der Waals surface area contributed by atoms with Crippen LogP contribution in [0.4, 0.5) is 0 Å². The molecule has 4 rings (SSSR count). The molecule has 0 N–H and O–H groups in total. The van der Waals surface area contributed by atoms with E-state index >= 15 is 0 Å². The topological polar surface area (TPSA) is 69.5 Å². The maximum absolute atomic E-state index is 12.7. The Kier molecular flexibility index (Phi) is 5.94. The molecule has 0 aliphatic carbocycles. The Morgan fingerprint density at radius 1 is 1.10 bits per heavy atom. The molecule has 156 valence electrons. The first-order valence-corrected chi connectivity index (χ1v) is 10.8. The number of carbonyl (C=O) groups is 1. The second-order valence-corrected chi connectivity index (χ2v) is 8.26. The summed E-state index contributed by atoms with van der Waals surface area (Å²) in [4.78, 5) is 12.7. The molecule has 0 spiro atoms. The van der Waals surface area contributed by atoms with Crippen LogP contribution in [0.3, 0.4) is 0 Å². The van der Waals surface area contributed by atoms with Gasteiger partial charge >= 0.3 is 0 Å². The Bertz CT molecular complexity index is 1030. The van der Waals surface area contributed by atoms with Gasteiger partial charge in [-0.25, -0.2) is 9.69 Å². The predicted octanol–water partition coefficient (Wildman–Crippen LogP) is 3.76. The van der Waals surface area contributed by atoms with Gasteiger partial charge in [0.05, 0.1) is 19.4 Å². The average molecular weight is 425 g/mol. The largest absolute Gasteiger partial charge is 0.497 e. The van der Waals surface area contributed by atoms with Crippen LogP contribution in [0, 0.1) is 0 Å². The Morgan fingerprint density at radius 2 is 1.87 bits per heavy atom. The van der Waals surface area contributed by atoms with Gasteiger partial charge in [0, 0.05) is 6.07 Å². The number of ether oxygens (including phenoxy) is 2. The highest BCUT2D eigenvalue weighted by Gasteiger charge is 2.29.